The molecule has 4 rings (SSSR count). The van der Waals surface area contributed by atoms with Gasteiger partial charge in [0.05, 0.1) is 22.8 Å². The maximum Gasteiger partial charge on any atom is 0.243 e. The molecule has 0 unspecified atom stereocenters. The fourth-order valence-corrected chi connectivity index (χ4v) is 5.54. The second-order valence-electron chi connectivity index (χ2n) is 8.28. The zero-order valence-corrected chi connectivity index (χ0v) is 18.6. The van der Waals surface area contributed by atoms with Crippen molar-refractivity contribution in [3.63, 3.8) is 0 Å². The quantitative estimate of drug-likeness (QED) is 0.790. The van der Waals surface area contributed by atoms with E-state index < -0.39 is 16.1 Å². The van der Waals surface area contributed by atoms with Crippen molar-refractivity contribution in [3.8, 4) is 0 Å². The summed E-state index contributed by atoms with van der Waals surface area (Å²) in [6, 6.07) is 11.9. The summed E-state index contributed by atoms with van der Waals surface area (Å²) in [4.78, 5) is 27.1. The highest BCUT2D eigenvalue weighted by Crippen LogP contribution is 2.32. The van der Waals surface area contributed by atoms with Crippen LogP contribution in [0.2, 0.25) is 0 Å². The van der Waals surface area contributed by atoms with Crippen LogP contribution in [0.4, 0.5) is 11.4 Å². The largest absolute Gasteiger partial charge is 0.324 e. The molecular weight excluding hydrogens is 414 g/mol. The number of hydrogen-bond acceptors (Lipinski definition) is 4. The number of carbonyl (C=O) groups excluding carboxylic acids is 2. The Morgan fingerprint density at radius 1 is 1.13 bits per heavy atom. The number of nitrogens with one attached hydrogen (secondary N) is 1. The Balaban J connectivity index is 1.58. The van der Waals surface area contributed by atoms with Crippen molar-refractivity contribution in [1.82, 2.24) is 4.31 Å². The third kappa shape index (κ3) is 4.22. The van der Waals surface area contributed by atoms with Crippen molar-refractivity contribution in [2.75, 3.05) is 23.8 Å². The molecule has 2 aliphatic rings. The van der Waals surface area contributed by atoms with Crippen molar-refractivity contribution in [1.29, 1.82) is 0 Å². The van der Waals surface area contributed by atoms with E-state index in [9.17, 15) is 18.0 Å². The van der Waals surface area contributed by atoms with Crippen LogP contribution < -0.4 is 10.2 Å². The number of rotatable bonds is 4. The molecule has 2 aromatic rings. The first kappa shape index (κ1) is 21.5. The molecule has 7 nitrogen and oxygen atoms in total. The number of likely N-dealkylation sites (N-methyl/N-ethyl adjacent to an activating group) is 1. The average molecular weight is 442 g/mol. The van der Waals surface area contributed by atoms with Crippen LogP contribution in [0.15, 0.2) is 47.4 Å². The number of amides is 2. The molecule has 0 aromatic heterocycles. The summed E-state index contributed by atoms with van der Waals surface area (Å²) in [6.45, 7) is 1.48. The average Bonchev–Trinajstić information content (AvgIpc) is 2.87. The predicted molar refractivity (Wildman–Crippen MR) is 120 cm³/mol. The summed E-state index contributed by atoms with van der Waals surface area (Å²) >= 11 is 0. The van der Waals surface area contributed by atoms with Crippen LogP contribution in [-0.2, 0) is 32.5 Å². The Bertz CT molecular complexity index is 1130. The number of carbonyl (C=O) groups is 2. The first-order valence-electron chi connectivity index (χ1n) is 10.6. The summed E-state index contributed by atoms with van der Waals surface area (Å²) in [7, 11) is -2.40. The van der Waals surface area contributed by atoms with Gasteiger partial charge in [-0.25, -0.2) is 8.42 Å². The number of fused-ring (bicyclic) bond motifs is 2. The Labute approximate surface area is 183 Å². The lowest BCUT2D eigenvalue weighted by Crippen LogP contribution is -2.45. The van der Waals surface area contributed by atoms with Crippen LogP contribution in [0.25, 0.3) is 0 Å². The normalized spacial score (nSPS) is 18.7. The van der Waals surface area contributed by atoms with E-state index in [0.29, 0.717) is 11.4 Å². The number of hydrogen-bond donors (Lipinski definition) is 1. The second kappa shape index (κ2) is 8.43. The SMILES string of the molecule is C[C@H]1CC(=O)Nc2ccccc2N1C(=O)CN(C)S(=O)(=O)c1ccc2c(c1)CCCC2. The van der Waals surface area contributed by atoms with Gasteiger partial charge in [-0.2, -0.15) is 4.31 Å². The molecule has 1 aliphatic carbocycles. The highest BCUT2D eigenvalue weighted by Gasteiger charge is 2.32. The van der Waals surface area contributed by atoms with E-state index in [0.717, 1.165) is 35.6 Å². The molecule has 1 atom stereocenters. The minimum Gasteiger partial charge on any atom is -0.324 e. The zero-order valence-electron chi connectivity index (χ0n) is 17.8. The van der Waals surface area contributed by atoms with E-state index in [4.69, 9.17) is 0 Å². The Kier molecular flexibility index (Phi) is 5.85. The van der Waals surface area contributed by atoms with Crippen molar-refractivity contribution < 1.29 is 18.0 Å². The van der Waals surface area contributed by atoms with Crippen molar-refractivity contribution in [2.24, 2.45) is 0 Å². The van der Waals surface area contributed by atoms with Gasteiger partial charge in [0.2, 0.25) is 21.8 Å². The summed E-state index contributed by atoms with van der Waals surface area (Å²) in [5.41, 5.74) is 3.40. The molecule has 0 radical (unpaired) electrons. The van der Waals surface area contributed by atoms with Gasteiger partial charge in [0.25, 0.3) is 0 Å². The van der Waals surface area contributed by atoms with E-state index in [1.54, 1.807) is 43.3 Å². The first-order chi connectivity index (χ1) is 14.8. The van der Waals surface area contributed by atoms with E-state index >= 15 is 0 Å². The monoisotopic (exact) mass is 441 g/mol. The summed E-state index contributed by atoms with van der Waals surface area (Å²) < 4.78 is 27.4. The Morgan fingerprint density at radius 3 is 2.61 bits per heavy atom. The molecule has 2 aromatic carbocycles. The molecule has 1 N–H and O–H groups in total. The van der Waals surface area contributed by atoms with Gasteiger partial charge in [-0.3, -0.25) is 9.59 Å². The van der Waals surface area contributed by atoms with Gasteiger partial charge >= 0.3 is 0 Å². The second-order valence-corrected chi connectivity index (χ2v) is 10.3. The molecule has 0 bridgehead atoms. The number of anilines is 2. The van der Waals surface area contributed by atoms with Gasteiger partial charge < -0.3 is 10.2 Å². The zero-order chi connectivity index (χ0) is 22.2. The third-order valence-corrected chi connectivity index (χ3v) is 7.81. The molecule has 8 heteroatoms. The maximum absolute atomic E-state index is 13.2. The summed E-state index contributed by atoms with van der Waals surface area (Å²) in [6.07, 6.45) is 4.18. The molecule has 2 amide bonds. The lowest BCUT2D eigenvalue weighted by atomic mass is 9.92. The van der Waals surface area contributed by atoms with Crippen LogP contribution in [0.3, 0.4) is 0 Å². The van der Waals surface area contributed by atoms with Crippen LogP contribution in [0, 0.1) is 0 Å². The molecule has 0 saturated heterocycles. The molecule has 0 spiro atoms. The lowest BCUT2D eigenvalue weighted by Gasteiger charge is -2.29. The smallest absolute Gasteiger partial charge is 0.243 e. The molecule has 1 aliphatic heterocycles. The minimum atomic E-state index is -3.82. The van der Waals surface area contributed by atoms with E-state index in [1.165, 1.54) is 17.5 Å². The molecule has 0 fully saturated rings. The summed E-state index contributed by atoms with van der Waals surface area (Å²) in [5, 5.41) is 2.81. The fraction of sp³-hybridized carbons (Fsp3) is 0.391. The third-order valence-electron chi connectivity index (χ3n) is 6.01. The first-order valence-corrected chi connectivity index (χ1v) is 12.0. The lowest BCUT2D eigenvalue weighted by molar-refractivity contribution is -0.119. The standard InChI is InChI=1S/C23H27N3O4S/c1-16-13-22(27)24-20-9-5-6-10-21(20)26(16)23(28)15-25(2)31(29,30)19-12-11-17-7-3-4-8-18(17)14-19/h5-6,9-12,14,16H,3-4,7-8,13,15H2,1-2H3,(H,24,27)/t16-/m0/s1. The molecule has 0 saturated carbocycles. The van der Waals surface area contributed by atoms with Crippen molar-refractivity contribution in [2.45, 2.75) is 50.0 Å². The van der Waals surface area contributed by atoms with Gasteiger partial charge in [-0.1, -0.05) is 18.2 Å². The number of nitrogens with zero attached hydrogens (tertiary/aromatic N) is 2. The summed E-state index contributed by atoms with van der Waals surface area (Å²) in [5.74, 6) is -0.550. The van der Waals surface area contributed by atoms with Gasteiger partial charge in [0.15, 0.2) is 0 Å². The van der Waals surface area contributed by atoms with Gasteiger partial charge in [-0.05, 0) is 68.0 Å². The fourth-order valence-electron chi connectivity index (χ4n) is 4.37. The van der Waals surface area contributed by atoms with Gasteiger partial charge in [0.1, 0.15) is 0 Å². The topological polar surface area (TPSA) is 86.8 Å². The minimum absolute atomic E-state index is 0.141. The number of para-hydroxylation sites is 2. The van der Waals surface area contributed by atoms with Gasteiger partial charge in [-0.15, -0.1) is 0 Å². The Morgan fingerprint density at radius 2 is 1.84 bits per heavy atom. The maximum atomic E-state index is 13.2. The molecule has 1 heterocycles. The number of aryl methyl sites for hydroxylation is 2. The van der Waals surface area contributed by atoms with Crippen molar-refractivity contribution >= 4 is 33.2 Å². The van der Waals surface area contributed by atoms with Gasteiger partial charge in [0, 0.05) is 19.5 Å². The van der Waals surface area contributed by atoms with E-state index in [-0.39, 0.29) is 29.7 Å². The predicted octanol–water partition coefficient (Wildman–Crippen LogP) is 2.95. The van der Waals surface area contributed by atoms with Crippen LogP contribution >= 0.6 is 0 Å². The van der Waals surface area contributed by atoms with Crippen LogP contribution in [0.5, 0.6) is 0 Å². The number of sulfonamides is 1. The van der Waals surface area contributed by atoms with Crippen LogP contribution in [0.1, 0.15) is 37.3 Å². The van der Waals surface area contributed by atoms with E-state index in [2.05, 4.69) is 5.32 Å². The molecule has 31 heavy (non-hydrogen) atoms. The highest BCUT2D eigenvalue weighted by atomic mass is 32.2. The Hall–Kier alpha value is -2.71. The highest BCUT2D eigenvalue weighted by molar-refractivity contribution is 7.89. The molecular formula is C23H27N3O4S. The van der Waals surface area contributed by atoms with Crippen molar-refractivity contribution in [3.05, 3.63) is 53.6 Å². The molecule has 164 valence electrons. The number of benzene rings is 2. The van der Waals surface area contributed by atoms with Crippen LogP contribution in [-0.4, -0.2) is 44.2 Å². The van der Waals surface area contributed by atoms with E-state index in [1.807, 2.05) is 6.07 Å².